The van der Waals surface area contributed by atoms with Gasteiger partial charge >= 0.3 is 0 Å². The maximum Gasteiger partial charge on any atom is 0.163 e. The Morgan fingerprint density at radius 2 is 2.00 bits per heavy atom. The number of hydrogen-bond acceptors (Lipinski definition) is 1. The molecule has 60 valence electrons. The molecule has 0 atom stereocenters. The van der Waals surface area contributed by atoms with E-state index in [0.29, 0.717) is 4.47 Å². The molecule has 1 aromatic rings. The van der Waals surface area contributed by atoms with Gasteiger partial charge in [0.25, 0.3) is 0 Å². The molecular weight excluding hydrogens is 216 g/mol. The minimum atomic E-state index is -0.875. The lowest BCUT2D eigenvalue weighted by Gasteiger charge is -2.00. The summed E-state index contributed by atoms with van der Waals surface area (Å²) in [5.74, 6) is -1.74. The minimum Gasteiger partial charge on any atom is -0.326 e. The van der Waals surface area contributed by atoms with E-state index in [0.717, 1.165) is 6.07 Å². The van der Waals surface area contributed by atoms with E-state index in [1.54, 1.807) is 0 Å². The topological polar surface area (TPSA) is 26.0 Å². The van der Waals surface area contributed by atoms with E-state index in [1.165, 1.54) is 6.07 Å². The van der Waals surface area contributed by atoms with Gasteiger partial charge in [-0.05, 0) is 12.1 Å². The lowest BCUT2D eigenvalue weighted by Crippen LogP contribution is -2.01. The molecule has 11 heavy (non-hydrogen) atoms. The maximum atomic E-state index is 12.7. The molecule has 0 radical (unpaired) electrons. The number of halogens is 3. The summed E-state index contributed by atoms with van der Waals surface area (Å²) in [4.78, 5) is 0. The quantitative estimate of drug-likeness (QED) is 0.724. The summed E-state index contributed by atoms with van der Waals surface area (Å²) < 4.78 is 25.8. The first-order chi connectivity index (χ1) is 5.15. The zero-order valence-corrected chi connectivity index (χ0v) is 7.16. The van der Waals surface area contributed by atoms with Crippen LogP contribution >= 0.6 is 15.9 Å². The first-order valence-corrected chi connectivity index (χ1v) is 3.78. The Bertz CT molecular complexity index is 275. The zero-order valence-electron chi connectivity index (χ0n) is 5.57. The van der Waals surface area contributed by atoms with Gasteiger partial charge in [-0.3, -0.25) is 0 Å². The molecule has 0 saturated carbocycles. The van der Waals surface area contributed by atoms with E-state index in [2.05, 4.69) is 15.9 Å². The van der Waals surface area contributed by atoms with Gasteiger partial charge in [0.15, 0.2) is 11.6 Å². The van der Waals surface area contributed by atoms with Crippen molar-refractivity contribution in [2.75, 3.05) is 0 Å². The van der Waals surface area contributed by atoms with Crippen molar-refractivity contribution in [3.05, 3.63) is 33.8 Å². The fourth-order valence-corrected chi connectivity index (χ4v) is 1.24. The van der Waals surface area contributed by atoms with Crippen LogP contribution in [0.4, 0.5) is 8.78 Å². The molecule has 0 bridgehead atoms. The largest absolute Gasteiger partial charge is 0.326 e. The maximum absolute atomic E-state index is 12.7. The van der Waals surface area contributed by atoms with E-state index in [-0.39, 0.29) is 12.1 Å². The van der Waals surface area contributed by atoms with Crippen molar-refractivity contribution in [3.8, 4) is 0 Å². The second kappa shape index (κ2) is 3.28. The lowest BCUT2D eigenvalue weighted by molar-refractivity contribution is 0.498. The van der Waals surface area contributed by atoms with Gasteiger partial charge in [-0.15, -0.1) is 0 Å². The molecule has 0 heterocycles. The Morgan fingerprint density at radius 1 is 1.36 bits per heavy atom. The zero-order chi connectivity index (χ0) is 8.43. The summed E-state index contributed by atoms with van der Waals surface area (Å²) >= 11 is 3.03. The normalized spacial score (nSPS) is 10.2. The SMILES string of the molecule is NCc1cc(Br)cc(F)c1F. The summed E-state index contributed by atoms with van der Waals surface area (Å²) in [6.07, 6.45) is 0. The van der Waals surface area contributed by atoms with E-state index in [9.17, 15) is 8.78 Å². The number of nitrogens with two attached hydrogens (primary N) is 1. The first kappa shape index (κ1) is 8.62. The van der Waals surface area contributed by atoms with Crippen molar-refractivity contribution in [1.82, 2.24) is 0 Å². The third-order valence-electron chi connectivity index (χ3n) is 1.29. The van der Waals surface area contributed by atoms with Gasteiger partial charge in [0.2, 0.25) is 0 Å². The summed E-state index contributed by atoms with van der Waals surface area (Å²) in [6.45, 7) is 0.00218. The smallest absolute Gasteiger partial charge is 0.163 e. The number of benzene rings is 1. The predicted octanol–water partition coefficient (Wildman–Crippen LogP) is 2.19. The minimum absolute atomic E-state index is 0.00218. The van der Waals surface area contributed by atoms with Gasteiger partial charge in [-0.1, -0.05) is 15.9 Å². The van der Waals surface area contributed by atoms with Crippen LogP contribution in [0.25, 0.3) is 0 Å². The van der Waals surface area contributed by atoms with Gasteiger partial charge in [0.05, 0.1) is 0 Å². The van der Waals surface area contributed by atoms with E-state index >= 15 is 0 Å². The van der Waals surface area contributed by atoms with E-state index in [1.807, 2.05) is 0 Å². The first-order valence-electron chi connectivity index (χ1n) is 2.98. The highest BCUT2D eigenvalue weighted by molar-refractivity contribution is 9.10. The van der Waals surface area contributed by atoms with Crippen LogP contribution in [0.2, 0.25) is 0 Å². The summed E-state index contributed by atoms with van der Waals surface area (Å²) in [5, 5.41) is 0. The second-order valence-electron chi connectivity index (χ2n) is 2.06. The van der Waals surface area contributed by atoms with Gasteiger partial charge < -0.3 is 5.73 Å². The fourth-order valence-electron chi connectivity index (χ4n) is 0.758. The fraction of sp³-hybridized carbons (Fsp3) is 0.143. The van der Waals surface area contributed by atoms with Crippen LogP contribution in [0.3, 0.4) is 0 Å². The molecule has 0 spiro atoms. The van der Waals surface area contributed by atoms with Crippen LogP contribution in [0, 0.1) is 11.6 Å². The molecule has 2 N–H and O–H groups in total. The van der Waals surface area contributed by atoms with Crippen molar-refractivity contribution in [3.63, 3.8) is 0 Å². The van der Waals surface area contributed by atoms with Crippen LogP contribution < -0.4 is 5.73 Å². The molecule has 1 rings (SSSR count). The monoisotopic (exact) mass is 221 g/mol. The average molecular weight is 222 g/mol. The third kappa shape index (κ3) is 1.75. The standard InChI is InChI=1S/C7H6BrF2N/c8-5-1-4(3-11)7(10)6(9)2-5/h1-2H,3,11H2. The highest BCUT2D eigenvalue weighted by atomic mass is 79.9. The molecule has 0 unspecified atom stereocenters. The number of rotatable bonds is 1. The Labute approximate surface area is 71.3 Å². The molecule has 0 saturated heterocycles. The molecule has 1 nitrogen and oxygen atoms in total. The van der Waals surface area contributed by atoms with Crippen molar-refractivity contribution < 1.29 is 8.78 Å². The summed E-state index contributed by atoms with van der Waals surface area (Å²) in [5.41, 5.74) is 5.34. The molecule has 0 fully saturated rings. The molecule has 4 heteroatoms. The lowest BCUT2D eigenvalue weighted by atomic mass is 10.2. The molecular formula is C7H6BrF2N. The third-order valence-corrected chi connectivity index (χ3v) is 1.75. The highest BCUT2D eigenvalue weighted by Crippen LogP contribution is 2.18. The average Bonchev–Trinajstić information content (AvgIpc) is 1.96. The van der Waals surface area contributed by atoms with Gasteiger partial charge in [-0.25, -0.2) is 8.78 Å². The Morgan fingerprint density at radius 3 is 2.55 bits per heavy atom. The van der Waals surface area contributed by atoms with E-state index in [4.69, 9.17) is 5.73 Å². The molecule has 0 aliphatic rings. The van der Waals surface area contributed by atoms with Gasteiger partial charge in [-0.2, -0.15) is 0 Å². The molecule has 0 aromatic heterocycles. The Balaban J connectivity index is 3.24. The molecule has 0 aliphatic heterocycles. The van der Waals surface area contributed by atoms with Crippen molar-refractivity contribution in [2.45, 2.75) is 6.54 Å². The highest BCUT2D eigenvalue weighted by Gasteiger charge is 2.07. The van der Waals surface area contributed by atoms with Gasteiger partial charge in [0.1, 0.15) is 0 Å². The summed E-state index contributed by atoms with van der Waals surface area (Å²) in [7, 11) is 0. The van der Waals surface area contributed by atoms with E-state index < -0.39 is 11.6 Å². The van der Waals surface area contributed by atoms with Crippen LogP contribution in [0.1, 0.15) is 5.56 Å². The van der Waals surface area contributed by atoms with Crippen molar-refractivity contribution in [2.24, 2.45) is 5.73 Å². The predicted molar refractivity (Wildman–Crippen MR) is 41.9 cm³/mol. The molecule has 0 aliphatic carbocycles. The summed E-state index contributed by atoms with van der Waals surface area (Å²) in [6, 6.07) is 2.52. The van der Waals surface area contributed by atoms with Crippen molar-refractivity contribution >= 4 is 15.9 Å². The Hall–Kier alpha value is -0.480. The Kier molecular flexibility index (Phi) is 2.57. The number of hydrogen-bond donors (Lipinski definition) is 1. The van der Waals surface area contributed by atoms with Crippen molar-refractivity contribution in [1.29, 1.82) is 0 Å². The van der Waals surface area contributed by atoms with Gasteiger partial charge in [0, 0.05) is 16.6 Å². The van der Waals surface area contributed by atoms with Crippen LogP contribution in [0.15, 0.2) is 16.6 Å². The molecule has 1 aromatic carbocycles. The second-order valence-corrected chi connectivity index (χ2v) is 2.98. The molecule has 0 amide bonds. The van der Waals surface area contributed by atoms with Crippen LogP contribution in [-0.4, -0.2) is 0 Å². The van der Waals surface area contributed by atoms with Crippen LogP contribution in [0.5, 0.6) is 0 Å². The van der Waals surface area contributed by atoms with Crippen LogP contribution in [-0.2, 0) is 6.54 Å².